The maximum Gasteiger partial charge on any atom is 0.0653 e. The van der Waals surface area contributed by atoms with Crippen LogP contribution in [0.15, 0.2) is 24.4 Å². The van der Waals surface area contributed by atoms with Gasteiger partial charge in [0.25, 0.3) is 0 Å². The van der Waals surface area contributed by atoms with Gasteiger partial charge in [-0.05, 0) is 37.6 Å². The molecule has 0 aliphatic carbocycles. The highest BCUT2D eigenvalue weighted by Crippen LogP contribution is 2.19. The Morgan fingerprint density at radius 3 is 2.94 bits per heavy atom. The van der Waals surface area contributed by atoms with E-state index in [1.54, 1.807) is 0 Å². The van der Waals surface area contributed by atoms with Crippen molar-refractivity contribution >= 4 is 10.9 Å². The van der Waals surface area contributed by atoms with Gasteiger partial charge in [-0.2, -0.15) is 5.10 Å². The number of rotatable bonds is 2. The fourth-order valence-electron chi connectivity index (χ4n) is 2.53. The molecule has 0 atom stereocenters. The van der Waals surface area contributed by atoms with Crippen molar-refractivity contribution in [3.63, 3.8) is 0 Å². The Bertz CT molecular complexity index is 469. The lowest BCUT2D eigenvalue weighted by atomic mass is 10.1. The van der Waals surface area contributed by atoms with Crippen molar-refractivity contribution in [2.45, 2.75) is 25.8 Å². The van der Waals surface area contributed by atoms with Crippen LogP contribution in [0.25, 0.3) is 10.9 Å². The van der Waals surface area contributed by atoms with Crippen LogP contribution < -0.4 is 0 Å². The number of likely N-dealkylation sites (tertiary alicyclic amines) is 1. The fraction of sp³-hybridized carbons (Fsp3) is 0.462. The minimum Gasteiger partial charge on any atom is -0.299 e. The number of nitrogens with one attached hydrogen (secondary N) is 1. The molecular weight excluding hydrogens is 198 g/mol. The molecule has 3 rings (SSSR count). The number of aromatic nitrogens is 2. The number of nitrogens with zero attached hydrogens (tertiary/aromatic N) is 2. The lowest BCUT2D eigenvalue weighted by Gasteiger charge is -2.26. The standard InChI is InChI=1S/C13H17N3/c1-2-7-16(8-3-1)10-11-5-4-6-13-12(11)9-14-15-13/h4-6,9H,1-3,7-8,10H2,(H,14,15). The van der Waals surface area contributed by atoms with E-state index in [2.05, 4.69) is 33.3 Å². The first-order chi connectivity index (χ1) is 7.93. The predicted molar refractivity (Wildman–Crippen MR) is 65.2 cm³/mol. The smallest absolute Gasteiger partial charge is 0.0653 e. The highest BCUT2D eigenvalue weighted by molar-refractivity contribution is 5.81. The Morgan fingerprint density at radius 1 is 1.19 bits per heavy atom. The molecular formula is C13H17N3. The Balaban J connectivity index is 1.85. The van der Waals surface area contributed by atoms with Crippen LogP contribution in [0.2, 0.25) is 0 Å². The van der Waals surface area contributed by atoms with Crippen LogP contribution >= 0.6 is 0 Å². The van der Waals surface area contributed by atoms with Gasteiger partial charge in [0.1, 0.15) is 0 Å². The molecule has 1 aliphatic rings. The molecule has 3 heteroatoms. The van der Waals surface area contributed by atoms with E-state index in [4.69, 9.17) is 0 Å². The third-order valence-electron chi connectivity index (χ3n) is 3.42. The second-order valence-electron chi connectivity index (χ2n) is 4.59. The van der Waals surface area contributed by atoms with Gasteiger partial charge >= 0.3 is 0 Å². The zero-order valence-corrected chi connectivity index (χ0v) is 9.45. The summed E-state index contributed by atoms with van der Waals surface area (Å²) in [6.45, 7) is 3.55. The molecule has 2 aromatic rings. The zero-order chi connectivity index (χ0) is 10.8. The topological polar surface area (TPSA) is 31.9 Å². The summed E-state index contributed by atoms with van der Waals surface area (Å²) in [5, 5.41) is 8.41. The highest BCUT2D eigenvalue weighted by atomic mass is 15.1. The molecule has 0 spiro atoms. The van der Waals surface area contributed by atoms with E-state index in [0.717, 1.165) is 12.1 Å². The van der Waals surface area contributed by atoms with Gasteiger partial charge in [-0.1, -0.05) is 18.6 Å². The summed E-state index contributed by atoms with van der Waals surface area (Å²) in [6.07, 6.45) is 6.03. The van der Waals surface area contributed by atoms with Gasteiger partial charge in [-0.3, -0.25) is 10.00 Å². The SMILES string of the molecule is c1cc(CN2CCCCC2)c2cn[nH]c2c1. The fourth-order valence-corrected chi connectivity index (χ4v) is 2.53. The number of benzene rings is 1. The molecule has 1 aliphatic heterocycles. The second-order valence-corrected chi connectivity index (χ2v) is 4.59. The highest BCUT2D eigenvalue weighted by Gasteiger charge is 2.12. The largest absolute Gasteiger partial charge is 0.299 e. The van der Waals surface area contributed by atoms with E-state index in [9.17, 15) is 0 Å². The number of hydrogen-bond donors (Lipinski definition) is 1. The van der Waals surface area contributed by atoms with Gasteiger partial charge in [-0.25, -0.2) is 0 Å². The predicted octanol–water partition coefficient (Wildman–Crippen LogP) is 2.55. The third kappa shape index (κ3) is 1.83. The van der Waals surface area contributed by atoms with Crippen LogP contribution in [-0.2, 0) is 6.54 Å². The summed E-state index contributed by atoms with van der Waals surface area (Å²) < 4.78 is 0. The van der Waals surface area contributed by atoms with Gasteiger partial charge in [0.05, 0.1) is 11.7 Å². The van der Waals surface area contributed by atoms with Crippen LogP contribution in [-0.4, -0.2) is 28.2 Å². The van der Waals surface area contributed by atoms with Crippen molar-refractivity contribution in [1.82, 2.24) is 15.1 Å². The maximum absolute atomic E-state index is 4.11. The number of hydrogen-bond acceptors (Lipinski definition) is 2. The molecule has 3 nitrogen and oxygen atoms in total. The summed E-state index contributed by atoms with van der Waals surface area (Å²) in [5.41, 5.74) is 2.54. The molecule has 1 fully saturated rings. The molecule has 1 aromatic heterocycles. The summed E-state index contributed by atoms with van der Waals surface area (Å²) in [4.78, 5) is 2.55. The van der Waals surface area contributed by atoms with E-state index < -0.39 is 0 Å². The van der Waals surface area contributed by atoms with Crippen LogP contribution in [0, 0.1) is 0 Å². The third-order valence-corrected chi connectivity index (χ3v) is 3.42. The summed E-state index contributed by atoms with van der Waals surface area (Å²) in [7, 11) is 0. The summed E-state index contributed by atoms with van der Waals surface area (Å²) in [5.74, 6) is 0. The van der Waals surface area contributed by atoms with Crippen LogP contribution in [0.5, 0.6) is 0 Å². The molecule has 0 bridgehead atoms. The van der Waals surface area contributed by atoms with Gasteiger partial charge in [0, 0.05) is 11.9 Å². The monoisotopic (exact) mass is 215 g/mol. The Labute approximate surface area is 95.5 Å². The molecule has 1 aromatic carbocycles. The molecule has 1 N–H and O–H groups in total. The molecule has 0 radical (unpaired) electrons. The number of fused-ring (bicyclic) bond motifs is 1. The van der Waals surface area contributed by atoms with Gasteiger partial charge in [0.15, 0.2) is 0 Å². The molecule has 0 amide bonds. The van der Waals surface area contributed by atoms with E-state index in [0.29, 0.717) is 0 Å². The summed E-state index contributed by atoms with van der Waals surface area (Å²) >= 11 is 0. The van der Waals surface area contributed by atoms with Gasteiger partial charge < -0.3 is 0 Å². The van der Waals surface area contributed by atoms with Gasteiger partial charge in [0.2, 0.25) is 0 Å². The van der Waals surface area contributed by atoms with Crippen molar-refractivity contribution < 1.29 is 0 Å². The zero-order valence-electron chi connectivity index (χ0n) is 9.45. The quantitative estimate of drug-likeness (QED) is 0.835. The van der Waals surface area contributed by atoms with Crippen LogP contribution in [0.1, 0.15) is 24.8 Å². The summed E-state index contributed by atoms with van der Waals surface area (Å²) in [6, 6.07) is 6.41. The van der Waals surface area contributed by atoms with Gasteiger partial charge in [-0.15, -0.1) is 0 Å². The molecule has 0 saturated carbocycles. The first-order valence-electron chi connectivity index (χ1n) is 6.07. The van der Waals surface area contributed by atoms with E-state index in [1.165, 1.54) is 43.3 Å². The van der Waals surface area contributed by atoms with Crippen LogP contribution in [0.4, 0.5) is 0 Å². The van der Waals surface area contributed by atoms with E-state index in [1.807, 2.05) is 6.20 Å². The Morgan fingerprint density at radius 2 is 2.06 bits per heavy atom. The first-order valence-corrected chi connectivity index (χ1v) is 6.07. The van der Waals surface area contributed by atoms with Crippen LogP contribution in [0.3, 0.4) is 0 Å². The van der Waals surface area contributed by atoms with E-state index >= 15 is 0 Å². The minimum atomic E-state index is 1.07. The number of H-pyrrole nitrogens is 1. The van der Waals surface area contributed by atoms with Crippen molar-refractivity contribution in [2.24, 2.45) is 0 Å². The Kier molecular flexibility index (Phi) is 2.62. The first kappa shape index (κ1) is 9.85. The Hall–Kier alpha value is -1.35. The lowest BCUT2D eigenvalue weighted by molar-refractivity contribution is 0.221. The number of aromatic amines is 1. The molecule has 0 unspecified atom stereocenters. The molecule has 1 saturated heterocycles. The van der Waals surface area contributed by atoms with E-state index in [-0.39, 0.29) is 0 Å². The lowest BCUT2D eigenvalue weighted by Crippen LogP contribution is -2.29. The average molecular weight is 215 g/mol. The minimum absolute atomic E-state index is 1.07. The second kappa shape index (κ2) is 4.26. The molecule has 84 valence electrons. The maximum atomic E-state index is 4.11. The molecule has 16 heavy (non-hydrogen) atoms. The molecule has 2 heterocycles. The average Bonchev–Trinajstić information content (AvgIpc) is 2.80. The van der Waals surface area contributed by atoms with Crippen molar-refractivity contribution in [3.05, 3.63) is 30.0 Å². The number of piperidine rings is 1. The normalized spacial score (nSPS) is 18.0. The van der Waals surface area contributed by atoms with Crippen molar-refractivity contribution in [3.8, 4) is 0 Å². The van der Waals surface area contributed by atoms with Crippen molar-refractivity contribution in [1.29, 1.82) is 0 Å². The van der Waals surface area contributed by atoms with Crippen molar-refractivity contribution in [2.75, 3.05) is 13.1 Å².